The number of fused-ring (bicyclic) bond motifs is 10. The highest BCUT2D eigenvalue weighted by Crippen LogP contribution is 2.49. The summed E-state index contributed by atoms with van der Waals surface area (Å²) in [5.74, 6) is -3.40. The molecule has 3 saturated heterocycles. The van der Waals surface area contributed by atoms with Gasteiger partial charge in [-0.05, 0) is 57.9 Å². The Balaban J connectivity index is 1.66. The Morgan fingerprint density at radius 3 is 2.46 bits per heavy atom. The van der Waals surface area contributed by atoms with E-state index in [2.05, 4.69) is 11.9 Å². The van der Waals surface area contributed by atoms with Crippen LogP contribution in [0.25, 0.3) is 0 Å². The third kappa shape index (κ3) is 7.39. The topological polar surface area (TPSA) is 147 Å². The molecule has 3 fully saturated rings. The van der Waals surface area contributed by atoms with Crippen molar-refractivity contribution in [2.24, 2.45) is 17.8 Å². The summed E-state index contributed by atoms with van der Waals surface area (Å²) >= 11 is 6.93. The number of ketones is 1. The number of rotatable bonds is 1. The minimum atomic E-state index is -1.84. The highest BCUT2D eigenvalue weighted by Gasteiger charge is 2.64. The number of esters is 1. The van der Waals surface area contributed by atoms with Crippen LogP contribution in [0.4, 0.5) is 5.69 Å². The zero-order valence-corrected chi connectivity index (χ0v) is 31.0. The lowest BCUT2D eigenvalue weighted by Gasteiger charge is -2.44. The minimum Gasteiger partial charge on any atom is -0.476 e. The number of epoxide rings is 1. The summed E-state index contributed by atoms with van der Waals surface area (Å²) in [6.45, 7) is 16.2. The van der Waals surface area contributed by atoms with Gasteiger partial charge in [-0.1, -0.05) is 62.2 Å². The number of hydrogen-bond donors (Lipinski definition) is 3. The van der Waals surface area contributed by atoms with Gasteiger partial charge in [0.1, 0.15) is 29.5 Å². The van der Waals surface area contributed by atoms with Crippen molar-refractivity contribution in [1.82, 2.24) is 5.32 Å². The number of nitrogens with one attached hydrogen (secondary N) is 1. The first-order chi connectivity index (χ1) is 23.3. The van der Waals surface area contributed by atoms with Gasteiger partial charge < -0.3 is 39.4 Å². The molecule has 0 aliphatic carbocycles. The molecule has 0 aromatic heterocycles. The number of aryl methyl sites for hydroxylation is 1. The summed E-state index contributed by atoms with van der Waals surface area (Å²) in [6.07, 6.45) is 2.74. The normalized spacial score (nSPS) is 40.3. The maximum Gasteiger partial charge on any atom is 0.309 e. The molecule has 0 radical (unpaired) electrons. The second-order valence-electron chi connectivity index (χ2n) is 15.1. The van der Waals surface area contributed by atoms with E-state index < -0.39 is 70.8 Å². The summed E-state index contributed by atoms with van der Waals surface area (Å²) in [6, 6.07) is 3.80. The van der Waals surface area contributed by atoms with Gasteiger partial charge in [0.25, 0.3) is 0 Å². The fourth-order valence-corrected chi connectivity index (χ4v) is 7.64. The van der Waals surface area contributed by atoms with Crippen LogP contribution in [0.3, 0.4) is 0 Å². The number of methoxy groups -OCH3 is 1. The Morgan fingerprint density at radius 2 is 1.78 bits per heavy atom. The van der Waals surface area contributed by atoms with Crippen molar-refractivity contribution in [2.75, 3.05) is 18.6 Å². The first-order valence-electron chi connectivity index (χ1n) is 17.3. The van der Waals surface area contributed by atoms with Crippen LogP contribution in [-0.4, -0.2) is 82.9 Å². The molecule has 1 amide bonds. The lowest BCUT2D eigenvalue weighted by molar-refractivity contribution is -0.161. The van der Waals surface area contributed by atoms with Crippen molar-refractivity contribution in [3.8, 4) is 0 Å². The van der Waals surface area contributed by atoms with Crippen LogP contribution in [0.5, 0.6) is 0 Å². The van der Waals surface area contributed by atoms with Crippen molar-refractivity contribution in [3.05, 3.63) is 64.5 Å². The van der Waals surface area contributed by atoms with E-state index >= 15 is 0 Å². The minimum absolute atomic E-state index is 0.0216. The number of aliphatic hydroxyl groups is 2. The van der Waals surface area contributed by atoms with Gasteiger partial charge in [-0.2, -0.15) is 0 Å². The molecule has 0 saturated carbocycles. The number of ether oxygens (including phenoxy) is 4. The molecule has 274 valence electrons. The van der Waals surface area contributed by atoms with E-state index in [9.17, 15) is 24.6 Å². The number of benzene rings is 1. The second-order valence-corrected chi connectivity index (χ2v) is 15.5. The Morgan fingerprint density at radius 1 is 1.08 bits per heavy atom. The summed E-state index contributed by atoms with van der Waals surface area (Å²) in [7, 11) is 1.52. The number of carbonyl (C=O) groups excluding carboxylic acids is 3. The molecule has 5 rings (SSSR count). The zero-order chi connectivity index (χ0) is 36.9. The Bertz CT molecular complexity index is 1610. The average molecular weight is 715 g/mol. The third-order valence-electron chi connectivity index (χ3n) is 11.0. The fourth-order valence-electron chi connectivity index (χ4n) is 7.43. The van der Waals surface area contributed by atoms with E-state index in [1.807, 2.05) is 45.1 Å². The number of amides is 1. The first-order valence-corrected chi connectivity index (χ1v) is 17.6. The molecule has 0 spiro atoms. The molecule has 10 atom stereocenters. The molecule has 11 nitrogen and oxygen atoms in total. The molecule has 6 bridgehead atoms. The van der Waals surface area contributed by atoms with Crippen LogP contribution >= 0.6 is 11.6 Å². The van der Waals surface area contributed by atoms with E-state index in [0.29, 0.717) is 17.1 Å². The molecule has 1 aromatic carbocycles. The second kappa shape index (κ2) is 14.1. The molecular weight excluding hydrogens is 664 g/mol. The van der Waals surface area contributed by atoms with Crippen LogP contribution in [0.2, 0.25) is 5.02 Å². The molecule has 3 unspecified atom stereocenters. The van der Waals surface area contributed by atoms with Crippen molar-refractivity contribution in [3.63, 3.8) is 0 Å². The number of halogens is 1. The van der Waals surface area contributed by atoms with E-state index in [1.54, 1.807) is 26.8 Å². The molecule has 4 aliphatic heterocycles. The third-order valence-corrected chi connectivity index (χ3v) is 11.5. The van der Waals surface area contributed by atoms with E-state index in [4.69, 9.17) is 30.5 Å². The van der Waals surface area contributed by atoms with Crippen molar-refractivity contribution >= 4 is 34.9 Å². The van der Waals surface area contributed by atoms with Gasteiger partial charge in [0.2, 0.25) is 5.91 Å². The van der Waals surface area contributed by atoms with Gasteiger partial charge in [-0.3, -0.25) is 14.4 Å². The molecule has 1 aromatic rings. The fraction of sp³-hybridized carbons (Fsp3) is 0.605. The number of anilines is 1. The number of Topliss-reactive ketones (excluding diaryl/α,β-unsaturated/α-hetero) is 1. The predicted molar refractivity (Wildman–Crippen MR) is 188 cm³/mol. The number of hydrogen-bond acceptors (Lipinski definition) is 10. The lowest BCUT2D eigenvalue weighted by atomic mass is 9.81. The Labute approximate surface area is 299 Å². The first kappa shape index (κ1) is 38.0. The number of allylic oxidation sites excluding steroid dienone is 3. The molecule has 4 aliphatic rings. The number of carbonyl (C=O) groups is 3. The lowest BCUT2D eigenvalue weighted by Crippen LogP contribution is -2.60. The standard InChI is InChI=1S/C38H51ClN2O9/c1-20-11-10-12-30(47-9)38(46)18-28(48-25(6)40-38)24(5)34-37(8,50-34)31-17-32(43)41(27-16-26(13-20)14-21(2)33(27)39)19-23(4)36(7,45)29(42)15-22(3)35(44)49-31/h10-12,14,16,22-24,28,30-31,34,40,45-46H,6,13,15,17-19H2,1-5,7-9H3/b12-10+,20-11+/t22-,23?,24-,28+,30-,31+,34?,36?,37+,38+/m1/s1. The van der Waals surface area contributed by atoms with Crippen LogP contribution in [0, 0.1) is 24.7 Å². The monoisotopic (exact) mass is 714 g/mol. The highest BCUT2D eigenvalue weighted by atomic mass is 35.5. The van der Waals surface area contributed by atoms with E-state index in [-0.39, 0.29) is 37.6 Å². The molecule has 3 N–H and O–H groups in total. The zero-order valence-electron chi connectivity index (χ0n) is 30.2. The largest absolute Gasteiger partial charge is 0.476 e. The SMILES string of the molecule is C=C1N[C@]2(O)C[C@H](O1)[C@@H](C)C1O[C@@]1(C)[C@@H]1CC(=O)N(CC(C)C(C)(O)C(=O)C[C@@H](C)C(=O)O1)c1cc(cc(C)c1Cl)C/C(C)=C/C=C/[C@H]2OC. The molecule has 12 heteroatoms. The predicted octanol–water partition coefficient (Wildman–Crippen LogP) is 4.68. The summed E-state index contributed by atoms with van der Waals surface area (Å²) in [5.41, 5.74) is -1.47. The number of nitrogens with zero attached hydrogens (tertiary/aromatic N) is 1. The van der Waals surface area contributed by atoms with Crippen LogP contribution in [0.15, 0.2) is 48.4 Å². The van der Waals surface area contributed by atoms with Crippen molar-refractivity contribution < 1.29 is 43.5 Å². The maximum atomic E-state index is 14.6. The summed E-state index contributed by atoms with van der Waals surface area (Å²) in [4.78, 5) is 43.1. The smallest absolute Gasteiger partial charge is 0.309 e. The van der Waals surface area contributed by atoms with Gasteiger partial charge in [0.15, 0.2) is 17.4 Å². The van der Waals surface area contributed by atoms with Gasteiger partial charge in [0, 0.05) is 38.3 Å². The van der Waals surface area contributed by atoms with Gasteiger partial charge in [0.05, 0.1) is 29.2 Å². The van der Waals surface area contributed by atoms with E-state index in [0.717, 1.165) is 16.7 Å². The Kier molecular flexibility index (Phi) is 10.7. The molecule has 4 heterocycles. The quantitative estimate of drug-likeness (QED) is 0.277. The van der Waals surface area contributed by atoms with Crippen molar-refractivity contribution in [2.45, 2.75) is 115 Å². The van der Waals surface area contributed by atoms with Crippen LogP contribution in [0.1, 0.15) is 71.9 Å². The molecule has 50 heavy (non-hydrogen) atoms. The van der Waals surface area contributed by atoms with Gasteiger partial charge in [-0.15, -0.1) is 0 Å². The molecular formula is C38H51ClN2O9. The van der Waals surface area contributed by atoms with Crippen LogP contribution in [-0.2, 0) is 39.8 Å². The average Bonchev–Trinajstić information content (AvgIpc) is 3.73. The highest BCUT2D eigenvalue weighted by molar-refractivity contribution is 6.34. The van der Waals surface area contributed by atoms with Crippen LogP contribution < -0.4 is 10.2 Å². The van der Waals surface area contributed by atoms with Crippen molar-refractivity contribution in [1.29, 1.82) is 0 Å². The summed E-state index contributed by atoms with van der Waals surface area (Å²) in [5, 5.41) is 26.6. The van der Waals surface area contributed by atoms with Gasteiger partial charge >= 0.3 is 5.97 Å². The Hall–Kier alpha value is -3.22. The van der Waals surface area contributed by atoms with Gasteiger partial charge in [-0.25, -0.2) is 0 Å². The van der Waals surface area contributed by atoms with E-state index in [1.165, 1.54) is 18.9 Å². The summed E-state index contributed by atoms with van der Waals surface area (Å²) < 4.78 is 24.2. The maximum absolute atomic E-state index is 14.6.